The van der Waals surface area contributed by atoms with Gasteiger partial charge < -0.3 is 25.6 Å². The summed E-state index contributed by atoms with van der Waals surface area (Å²) >= 11 is 0. The Bertz CT molecular complexity index is 1110. The van der Waals surface area contributed by atoms with Gasteiger partial charge in [0.15, 0.2) is 6.10 Å². The highest BCUT2D eigenvalue weighted by Crippen LogP contribution is 2.38. The van der Waals surface area contributed by atoms with Crippen LogP contribution in [0.15, 0.2) is 60.7 Å². The lowest BCUT2D eigenvalue weighted by atomic mass is 10.1. The number of nitrogens with two attached hydrogens (primary N) is 1. The number of carbonyl (C=O) groups is 1. The number of amides is 1. The number of nitrogens with zero attached hydrogens (tertiary/aromatic N) is 2. The molecule has 0 saturated carbocycles. The van der Waals surface area contributed by atoms with E-state index < -0.39 is 24.8 Å². The van der Waals surface area contributed by atoms with Crippen LogP contribution in [0.25, 0.3) is 11.3 Å². The zero-order valence-corrected chi connectivity index (χ0v) is 17.3. The van der Waals surface area contributed by atoms with Crippen LogP contribution in [0, 0.1) is 0 Å². The van der Waals surface area contributed by atoms with E-state index in [1.807, 2.05) is 30.3 Å². The molecule has 0 saturated heterocycles. The van der Waals surface area contributed by atoms with E-state index in [-0.39, 0.29) is 5.69 Å². The Hall–Kier alpha value is -3.49. The van der Waals surface area contributed by atoms with Crippen LogP contribution in [-0.4, -0.2) is 40.4 Å². The second kappa shape index (κ2) is 9.33. The number of hydrogen-bond acceptors (Lipinski definition) is 6. The third kappa shape index (κ3) is 4.42. The highest BCUT2D eigenvalue weighted by atomic mass is 19.1. The minimum absolute atomic E-state index is 0.138. The number of hydrogen-bond donors (Lipinski definition) is 3. The minimum Gasteiger partial charge on any atom is -0.491 e. The predicted octanol–water partition coefficient (Wildman–Crippen LogP) is 3.02. The first kappa shape index (κ1) is 21.7. The normalized spacial score (nSPS) is 15.3. The number of aliphatic hydroxyl groups excluding tert-OH is 2. The maximum atomic E-state index is 12.9. The molecule has 7 nitrogen and oxygen atoms in total. The molecule has 2 atom stereocenters. The van der Waals surface area contributed by atoms with Crippen LogP contribution in [0.4, 0.5) is 15.8 Å². The van der Waals surface area contributed by atoms with Crippen LogP contribution in [0.2, 0.25) is 0 Å². The van der Waals surface area contributed by atoms with Gasteiger partial charge in [-0.05, 0) is 48.4 Å². The molecule has 1 aliphatic heterocycles. The molecule has 2 aromatic carbocycles. The highest BCUT2D eigenvalue weighted by molar-refractivity contribution is 5.79. The minimum atomic E-state index is -1.74. The van der Waals surface area contributed by atoms with E-state index in [0.717, 1.165) is 29.9 Å². The summed E-state index contributed by atoms with van der Waals surface area (Å²) < 4.78 is 18.9. The first-order valence-corrected chi connectivity index (χ1v) is 10.3. The van der Waals surface area contributed by atoms with Crippen molar-refractivity contribution >= 4 is 17.3 Å². The first-order chi connectivity index (χ1) is 15.5. The Kier molecular flexibility index (Phi) is 6.34. The number of carbonyl (C=O) groups excluding carboxylic acids is 1. The summed E-state index contributed by atoms with van der Waals surface area (Å²) in [6.45, 7) is 0.805. The number of rotatable bonds is 6. The summed E-state index contributed by atoms with van der Waals surface area (Å²) in [5.74, 6) is -0.345. The fourth-order valence-electron chi connectivity index (χ4n) is 3.66. The zero-order valence-electron chi connectivity index (χ0n) is 17.3. The topological polar surface area (TPSA) is 109 Å². The molecule has 0 aliphatic carbocycles. The fourth-order valence-corrected chi connectivity index (χ4v) is 3.66. The summed E-state index contributed by atoms with van der Waals surface area (Å²) in [5.41, 5.74) is 8.98. The third-order valence-electron chi connectivity index (χ3n) is 5.40. The van der Waals surface area contributed by atoms with Gasteiger partial charge in [-0.25, -0.2) is 9.37 Å². The summed E-state index contributed by atoms with van der Waals surface area (Å²) in [4.78, 5) is 17.7. The monoisotopic (exact) mass is 437 g/mol. The first-order valence-electron chi connectivity index (χ1n) is 10.3. The van der Waals surface area contributed by atoms with E-state index in [0.29, 0.717) is 23.6 Å². The number of aromatic nitrogens is 1. The summed E-state index contributed by atoms with van der Waals surface area (Å²) in [6.07, 6.45) is -2.45. The lowest BCUT2D eigenvalue weighted by molar-refractivity contribution is -0.132. The third-order valence-corrected chi connectivity index (χ3v) is 5.40. The highest BCUT2D eigenvalue weighted by Gasteiger charge is 2.25. The molecule has 4 N–H and O–H groups in total. The van der Waals surface area contributed by atoms with Crippen LogP contribution in [0.3, 0.4) is 0 Å². The zero-order chi connectivity index (χ0) is 22.7. The number of pyridine rings is 1. The maximum Gasteiger partial charge on any atom is 0.249 e. The number of anilines is 2. The Balaban J connectivity index is 1.67. The summed E-state index contributed by atoms with van der Waals surface area (Å²) in [5, 5.41) is 19.9. The standard InChI is InChI=1S/C24H24FN3O4/c25-14-15-5-8-17(9-6-15)28-11-2-12-32-21-13-16(7-10-20(21)28)18-3-1-4-19(27-18)22(29)23(30)24(26)31/h1,3-10,13,22-23,29-30H,2,11-12,14H2,(H2,26,31)/t22-,23+/m0/s1. The molecule has 0 fully saturated rings. The molecule has 8 heteroatoms. The van der Waals surface area contributed by atoms with Crippen LogP contribution >= 0.6 is 0 Å². The van der Waals surface area contributed by atoms with Gasteiger partial charge in [-0.1, -0.05) is 24.3 Å². The molecule has 1 aromatic heterocycles. The van der Waals surface area contributed by atoms with Crippen molar-refractivity contribution in [2.24, 2.45) is 5.73 Å². The molecule has 4 rings (SSSR count). The van der Waals surface area contributed by atoms with Crippen molar-refractivity contribution in [3.8, 4) is 17.0 Å². The van der Waals surface area contributed by atoms with E-state index in [9.17, 15) is 19.4 Å². The second-order valence-electron chi connectivity index (χ2n) is 7.58. The molecule has 1 aliphatic rings. The van der Waals surface area contributed by atoms with Crippen molar-refractivity contribution in [2.45, 2.75) is 25.3 Å². The van der Waals surface area contributed by atoms with E-state index >= 15 is 0 Å². The molecule has 0 bridgehead atoms. The van der Waals surface area contributed by atoms with Gasteiger partial charge >= 0.3 is 0 Å². The van der Waals surface area contributed by atoms with Crippen LogP contribution in [-0.2, 0) is 11.5 Å². The lowest BCUT2D eigenvalue weighted by Gasteiger charge is -2.24. The number of primary amides is 1. The molecular weight excluding hydrogens is 413 g/mol. The molecule has 32 heavy (non-hydrogen) atoms. The van der Waals surface area contributed by atoms with Crippen LogP contribution < -0.4 is 15.4 Å². The van der Waals surface area contributed by atoms with Gasteiger partial charge in [0.05, 0.1) is 23.7 Å². The Morgan fingerprint density at radius 1 is 1.16 bits per heavy atom. The van der Waals surface area contributed by atoms with E-state index in [2.05, 4.69) is 9.88 Å². The maximum absolute atomic E-state index is 12.9. The molecule has 2 heterocycles. The summed E-state index contributed by atoms with van der Waals surface area (Å²) in [7, 11) is 0. The number of halogens is 1. The number of ether oxygens (including phenoxy) is 1. The average molecular weight is 437 g/mol. The van der Waals surface area contributed by atoms with Gasteiger partial charge in [0.1, 0.15) is 18.5 Å². The molecule has 1 amide bonds. The number of fused-ring (bicyclic) bond motifs is 1. The lowest BCUT2D eigenvalue weighted by Crippen LogP contribution is -2.34. The number of aliphatic hydroxyl groups is 2. The van der Waals surface area contributed by atoms with Crippen molar-refractivity contribution in [3.63, 3.8) is 0 Å². The molecule has 166 valence electrons. The van der Waals surface area contributed by atoms with Crippen molar-refractivity contribution in [1.29, 1.82) is 0 Å². The number of benzene rings is 2. The van der Waals surface area contributed by atoms with Crippen LogP contribution in [0.1, 0.15) is 23.8 Å². The van der Waals surface area contributed by atoms with E-state index in [4.69, 9.17) is 10.5 Å². The smallest absolute Gasteiger partial charge is 0.249 e. The van der Waals surface area contributed by atoms with Crippen molar-refractivity contribution in [1.82, 2.24) is 4.98 Å². The van der Waals surface area contributed by atoms with Gasteiger partial charge in [-0.2, -0.15) is 0 Å². The Labute approximate surface area is 184 Å². The molecule has 0 radical (unpaired) electrons. The summed E-state index contributed by atoms with van der Waals surface area (Å²) in [6, 6.07) is 18.0. The number of alkyl halides is 1. The molecule has 0 unspecified atom stereocenters. The predicted molar refractivity (Wildman–Crippen MR) is 118 cm³/mol. The largest absolute Gasteiger partial charge is 0.491 e. The second-order valence-corrected chi connectivity index (χ2v) is 7.58. The van der Waals surface area contributed by atoms with E-state index in [1.54, 1.807) is 24.3 Å². The van der Waals surface area contributed by atoms with Gasteiger partial charge in [-0.15, -0.1) is 0 Å². The van der Waals surface area contributed by atoms with Gasteiger partial charge in [-0.3, -0.25) is 4.79 Å². The average Bonchev–Trinajstić information content (AvgIpc) is 3.05. The SMILES string of the molecule is NC(=O)[C@H](O)[C@@H](O)c1cccc(-c2ccc3c(c2)OCCCN3c2ccc(CF)cc2)n1. The quantitative estimate of drug-likeness (QED) is 0.547. The Morgan fingerprint density at radius 2 is 1.94 bits per heavy atom. The molecule has 0 spiro atoms. The molecular formula is C24H24FN3O4. The fraction of sp³-hybridized carbons (Fsp3) is 0.250. The molecule has 3 aromatic rings. The van der Waals surface area contributed by atoms with E-state index in [1.165, 1.54) is 6.07 Å². The Morgan fingerprint density at radius 3 is 2.66 bits per heavy atom. The van der Waals surface area contributed by atoms with Gasteiger partial charge in [0.2, 0.25) is 5.91 Å². The van der Waals surface area contributed by atoms with Crippen molar-refractivity contribution < 1.29 is 24.1 Å². The van der Waals surface area contributed by atoms with Crippen molar-refractivity contribution in [2.75, 3.05) is 18.1 Å². The van der Waals surface area contributed by atoms with Gasteiger partial charge in [0, 0.05) is 17.8 Å². The van der Waals surface area contributed by atoms with Crippen molar-refractivity contribution in [3.05, 3.63) is 71.9 Å². The van der Waals surface area contributed by atoms with Gasteiger partial charge in [0.25, 0.3) is 0 Å². The van der Waals surface area contributed by atoms with Crippen LogP contribution in [0.5, 0.6) is 5.75 Å².